The molecule has 2 heterocycles. The molecule has 0 fully saturated rings. The summed E-state index contributed by atoms with van der Waals surface area (Å²) < 4.78 is 6.75. The molecule has 0 saturated carbocycles. The van der Waals surface area contributed by atoms with E-state index in [1.807, 2.05) is 48.5 Å². The van der Waals surface area contributed by atoms with Gasteiger partial charge in [-0.1, -0.05) is 48.0 Å². The normalized spacial score (nSPS) is 10.7. The van der Waals surface area contributed by atoms with Gasteiger partial charge in [-0.05, 0) is 42.3 Å². The Bertz CT molecular complexity index is 1470. The number of halogens is 1. The first-order chi connectivity index (χ1) is 17.4. The van der Waals surface area contributed by atoms with Crippen LogP contribution in [0, 0.1) is 10.1 Å². The Kier molecular flexibility index (Phi) is 7.41. The minimum atomic E-state index is -0.882. The van der Waals surface area contributed by atoms with Crippen LogP contribution in [0.25, 0.3) is 16.6 Å². The van der Waals surface area contributed by atoms with E-state index in [4.69, 9.17) is 16.3 Å². The van der Waals surface area contributed by atoms with Crippen molar-refractivity contribution in [1.82, 2.24) is 9.72 Å². The highest BCUT2D eigenvalue weighted by Crippen LogP contribution is 2.28. The topological polar surface area (TPSA) is 120 Å². The number of rotatable bonds is 9. The Balaban J connectivity index is 1.38. The van der Waals surface area contributed by atoms with Crippen LogP contribution in [0.3, 0.4) is 0 Å². The fraction of sp³-hybridized carbons (Fsp3) is 0.115. The Labute approximate surface area is 210 Å². The number of amides is 1. The minimum absolute atomic E-state index is 0.0601. The zero-order valence-corrected chi connectivity index (χ0v) is 19.6. The molecule has 1 N–H and O–H groups in total. The fourth-order valence-corrected chi connectivity index (χ4v) is 3.89. The van der Waals surface area contributed by atoms with Crippen LogP contribution in [0.2, 0.25) is 5.02 Å². The van der Waals surface area contributed by atoms with E-state index < -0.39 is 28.3 Å². The van der Waals surface area contributed by atoms with Crippen molar-refractivity contribution in [2.45, 2.75) is 6.42 Å². The van der Waals surface area contributed by atoms with Gasteiger partial charge in [0, 0.05) is 34.9 Å². The van der Waals surface area contributed by atoms with Gasteiger partial charge in [-0.2, -0.15) is 0 Å². The molecular formula is C26H20ClN3O6. The number of carbonyl (C=O) groups excluding carboxylic acids is 3. The van der Waals surface area contributed by atoms with Crippen LogP contribution in [0.5, 0.6) is 0 Å². The number of Topliss-reactive ketones (excluding diaryl/α,β-unsaturated/α-hetero) is 1. The second-order valence-electron chi connectivity index (χ2n) is 7.76. The van der Waals surface area contributed by atoms with Gasteiger partial charge in [0.05, 0.1) is 11.5 Å². The maximum atomic E-state index is 13.1. The first-order valence-electron chi connectivity index (χ1n) is 11.0. The predicted octanol–water partition coefficient (Wildman–Crippen LogP) is 4.71. The summed E-state index contributed by atoms with van der Waals surface area (Å²) in [6.45, 7) is -0.0546. The highest BCUT2D eigenvalue weighted by Gasteiger charge is 2.25. The number of carbonyl (C=O) groups is 3. The van der Waals surface area contributed by atoms with Gasteiger partial charge < -0.3 is 14.5 Å². The standard InChI is InChI=1S/C26H20ClN3O6/c27-18-10-11-20(22(15-18)30(34)35)26(33)36-14-6-12-28-25(32)24(31)23-21(17-7-2-1-3-8-17)16-19-9-4-5-13-29(19)23/h1-5,7-11,13,15-16H,6,12,14H2,(H,28,32). The molecule has 0 unspecified atom stereocenters. The molecule has 36 heavy (non-hydrogen) atoms. The minimum Gasteiger partial charge on any atom is -0.462 e. The molecule has 0 saturated heterocycles. The van der Waals surface area contributed by atoms with E-state index in [2.05, 4.69) is 5.32 Å². The summed E-state index contributed by atoms with van der Waals surface area (Å²) in [5.74, 6) is -2.38. The molecule has 1 amide bonds. The molecule has 0 spiro atoms. The highest BCUT2D eigenvalue weighted by molar-refractivity contribution is 6.43. The Hall–Kier alpha value is -4.50. The van der Waals surface area contributed by atoms with Crippen molar-refractivity contribution in [3.8, 4) is 11.1 Å². The quantitative estimate of drug-likeness (QED) is 0.0878. The predicted molar refractivity (Wildman–Crippen MR) is 133 cm³/mol. The number of pyridine rings is 1. The van der Waals surface area contributed by atoms with Crippen molar-refractivity contribution in [2.24, 2.45) is 0 Å². The smallest absolute Gasteiger partial charge is 0.345 e. The number of ether oxygens (including phenoxy) is 1. The van der Waals surface area contributed by atoms with E-state index in [0.717, 1.165) is 17.1 Å². The van der Waals surface area contributed by atoms with Crippen molar-refractivity contribution in [3.05, 3.63) is 105 Å². The third-order valence-corrected chi connectivity index (χ3v) is 5.64. The second-order valence-corrected chi connectivity index (χ2v) is 8.20. The van der Waals surface area contributed by atoms with Crippen LogP contribution >= 0.6 is 11.6 Å². The molecule has 4 aromatic rings. The van der Waals surface area contributed by atoms with Crippen LogP contribution in [0.1, 0.15) is 27.3 Å². The lowest BCUT2D eigenvalue weighted by Crippen LogP contribution is -2.33. The van der Waals surface area contributed by atoms with Gasteiger partial charge in [0.2, 0.25) is 0 Å². The molecule has 4 rings (SSSR count). The van der Waals surface area contributed by atoms with Crippen molar-refractivity contribution < 1.29 is 24.0 Å². The van der Waals surface area contributed by atoms with Crippen LogP contribution in [0.15, 0.2) is 79.0 Å². The lowest BCUT2D eigenvalue weighted by atomic mass is 10.0. The first kappa shape index (κ1) is 24.6. The van der Waals surface area contributed by atoms with Crippen molar-refractivity contribution in [3.63, 3.8) is 0 Å². The molecule has 10 heteroatoms. The average molecular weight is 506 g/mol. The van der Waals surface area contributed by atoms with Crippen LogP contribution in [-0.4, -0.2) is 40.1 Å². The number of fused-ring (bicyclic) bond motifs is 1. The molecule has 2 aromatic heterocycles. The molecule has 0 bridgehead atoms. The molecule has 182 valence electrons. The lowest BCUT2D eigenvalue weighted by Gasteiger charge is -2.08. The van der Waals surface area contributed by atoms with Crippen molar-refractivity contribution in [1.29, 1.82) is 0 Å². The largest absolute Gasteiger partial charge is 0.462 e. The van der Waals surface area contributed by atoms with Gasteiger partial charge in [0.15, 0.2) is 0 Å². The van der Waals surface area contributed by atoms with E-state index in [1.54, 1.807) is 16.7 Å². The Morgan fingerprint density at radius 3 is 2.50 bits per heavy atom. The molecule has 0 aliphatic heterocycles. The van der Waals surface area contributed by atoms with E-state index in [-0.39, 0.29) is 35.9 Å². The third-order valence-electron chi connectivity index (χ3n) is 5.40. The Morgan fingerprint density at radius 2 is 1.75 bits per heavy atom. The second kappa shape index (κ2) is 10.8. The van der Waals surface area contributed by atoms with E-state index in [9.17, 15) is 24.5 Å². The van der Waals surface area contributed by atoms with Gasteiger partial charge in [-0.15, -0.1) is 0 Å². The zero-order chi connectivity index (χ0) is 25.7. The maximum absolute atomic E-state index is 13.1. The number of hydrogen-bond donors (Lipinski definition) is 1. The third kappa shape index (κ3) is 5.26. The molecule has 9 nitrogen and oxygen atoms in total. The number of aromatic nitrogens is 1. The summed E-state index contributed by atoms with van der Waals surface area (Å²) in [4.78, 5) is 48.4. The van der Waals surface area contributed by atoms with Gasteiger partial charge in [-0.3, -0.25) is 19.7 Å². The van der Waals surface area contributed by atoms with Gasteiger partial charge in [0.1, 0.15) is 11.3 Å². The molecular weight excluding hydrogens is 486 g/mol. The number of hydrogen-bond acceptors (Lipinski definition) is 6. The SMILES string of the molecule is O=C(NCCCOC(=O)c1ccc(Cl)cc1[N+](=O)[O-])C(=O)c1c(-c2ccccc2)cc2ccccn12. The molecule has 0 atom stereocenters. The van der Waals surface area contributed by atoms with Gasteiger partial charge >= 0.3 is 5.97 Å². The fourth-order valence-electron chi connectivity index (χ4n) is 3.73. The number of nitro groups is 1. The van der Waals surface area contributed by atoms with E-state index >= 15 is 0 Å². The summed E-state index contributed by atoms with van der Waals surface area (Å²) in [6, 6.07) is 20.3. The van der Waals surface area contributed by atoms with Crippen molar-refractivity contribution >= 4 is 40.5 Å². The van der Waals surface area contributed by atoms with Gasteiger partial charge in [-0.25, -0.2) is 4.79 Å². The van der Waals surface area contributed by atoms with E-state index in [1.165, 1.54) is 12.1 Å². The molecule has 2 aromatic carbocycles. The summed E-state index contributed by atoms with van der Waals surface area (Å²) in [7, 11) is 0. The molecule has 0 aliphatic rings. The van der Waals surface area contributed by atoms with Crippen LogP contribution < -0.4 is 5.32 Å². The lowest BCUT2D eigenvalue weighted by molar-refractivity contribution is -0.385. The summed E-state index contributed by atoms with van der Waals surface area (Å²) >= 11 is 5.75. The summed E-state index contributed by atoms with van der Waals surface area (Å²) in [6.07, 6.45) is 1.92. The number of benzene rings is 2. The summed E-state index contributed by atoms with van der Waals surface area (Å²) in [5.41, 5.74) is 1.78. The monoisotopic (exact) mass is 505 g/mol. The number of nitro benzene ring substituents is 1. The maximum Gasteiger partial charge on any atom is 0.345 e. The highest BCUT2D eigenvalue weighted by atomic mass is 35.5. The zero-order valence-electron chi connectivity index (χ0n) is 18.8. The summed E-state index contributed by atoms with van der Waals surface area (Å²) in [5, 5.41) is 13.8. The van der Waals surface area contributed by atoms with Crippen LogP contribution in [0.4, 0.5) is 5.69 Å². The first-order valence-corrected chi connectivity index (χ1v) is 11.3. The average Bonchev–Trinajstić information content (AvgIpc) is 3.27. The Morgan fingerprint density at radius 1 is 1.00 bits per heavy atom. The molecule has 0 aliphatic carbocycles. The number of nitrogens with zero attached hydrogens (tertiary/aromatic N) is 2. The van der Waals surface area contributed by atoms with Crippen LogP contribution in [-0.2, 0) is 9.53 Å². The molecule has 0 radical (unpaired) electrons. The number of esters is 1. The van der Waals surface area contributed by atoms with Gasteiger partial charge in [0.25, 0.3) is 17.4 Å². The van der Waals surface area contributed by atoms with Crippen molar-refractivity contribution in [2.75, 3.05) is 13.2 Å². The number of ketones is 1. The number of nitrogens with one attached hydrogen (secondary N) is 1. The van der Waals surface area contributed by atoms with E-state index in [0.29, 0.717) is 5.56 Å².